The molecule has 0 N–H and O–H groups in total. The van der Waals surface area contributed by atoms with Gasteiger partial charge in [-0.05, 0) is 6.42 Å². The third kappa shape index (κ3) is 21.2. The molecule has 154 valence electrons. The molecular weight excluding hydrogens is 324 g/mol. The molecule has 0 rings (SSSR count). The lowest BCUT2D eigenvalue weighted by molar-refractivity contribution is -0.145. The fourth-order valence-corrected chi connectivity index (χ4v) is 3.09. The Morgan fingerprint density at radius 3 is 1.65 bits per heavy atom. The Balaban J connectivity index is 3.10. The van der Waals surface area contributed by atoms with Gasteiger partial charge in [0.05, 0.1) is 13.2 Å². The van der Waals surface area contributed by atoms with E-state index < -0.39 is 0 Å². The van der Waals surface area contributed by atoms with Crippen molar-refractivity contribution in [2.75, 3.05) is 19.8 Å². The van der Waals surface area contributed by atoms with E-state index in [1.54, 1.807) is 6.08 Å². The van der Waals surface area contributed by atoms with Crippen LogP contribution in [0.2, 0.25) is 0 Å². The number of hydrogen-bond acceptors (Lipinski definition) is 3. The van der Waals surface area contributed by atoms with Crippen molar-refractivity contribution in [1.82, 2.24) is 0 Å². The topological polar surface area (TPSA) is 35.5 Å². The molecule has 0 aromatic heterocycles. The molecule has 0 heterocycles. The van der Waals surface area contributed by atoms with E-state index in [1.807, 2.05) is 0 Å². The molecule has 0 saturated carbocycles. The van der Waals surface area contributed by atoms with E-state index in [2.05, 4.69) is 13.5 Å². The van der Waals surface area contributed by atoms with E-state index in [-0.39, 0.29) is 5.97 Å². The van der Waals surface area contributed by atoms with Crippen molar-refractivity contribution >= 4 is 5.97 Å². The average Bonchev–Trinajstić information content (AvgIpc) is 2.64. The van der Waals surface area contributed by atoms with Crippen molar-refractivity contribution < 1.29 is 14.3 Å². The van der Waals surface area contributed by atoms with Crippen LogP contribution in [0, 0.1) is 0 Å². The molecule has 0 aromatic rings. The van der Waals surface area contributed by atoms with Gasteiger partial charge in [0.1, 0.15) is 6.61 Å². The van der Waals surface area contributed by atoms with Gasteiger partial charge in [0, 0.05) is 6.42 Å². The molecule has 3 heteroatoms. The van der Waals surface area contributed by atoms with E-state index in [0.717, 1.165) is 12.8 Å². The zero-order valence-corrected chi connectivity index (χ0v) is 17.4. The Bertz CT molecular complexity index is 302. The number of carbonyl (C=O) groups is 1. The molecule has 0 amide bonds. The van der Waals surface area contributed by atoms with E-state index in [4.69, 9.17) is 9.47 Å². The van der Waals surface area contributed by atoms with Crippen LogP contribution in [-0.4, -0.2) is 25.8 Å². The van der Waals surface area contributed by atoms with Crippen molar-refractivity contribution in [2.24, 2.45) is 0 Å². The zero-order chi connectivity index (χ0) is 19.1. The number of ether oxygens (including phenoxy) is 2. The SMILES string of the molecule is C=CCOCCOC(=O)CCCCCCCCCCCCCCCCC. The molecule has 0 aliphatic carbocycles. The van der Waals surface area contributed by atoms with E-state index in [1.165, 1.54) is 83.5 Å². The Kier molecular flexibility index (Phi) is 21.5. The highest BCUT2D eigenvalue weighted by molar-refractivity contribution is 5.69. The minimum absolute atomic E-state index is 0.0955. The molecule has 0 fully saturated rings. The molecule has 0 atom stereocenters. The molecule has 0 aliphatic heterocycles. The fourth-order valence-electron chi connectivity index (χ4n) is 3.09. The van der Waals surface area contributed by atoms with Crippen molar-refractivity contribution in [3.63, 3.8) is 0 Å². The summed E-state index contributed by atoms with van der Waals surface area (Å²) in [6.07, 6.45) is 22.3. The number of hydrogen-bond donors (Lipinski definition) is 0. The van der Waals surface area contributed by atoms with Gasteiger partial charge in [-0.25, -0.2) is 0 Å². The quantitative estimate of drug-likeness (QED) is 0.124. The van der Waals surface area contributed by atoms with E-state index in [0.29, 0.717) is 26.2 Å². The molecule has 0 aromatic carbocycles. The van der Waals surface area contributed by atoms with Crippen LogP contribution in [0.1, 0.15) is 110 Å². The van der Waals surface area contributed by atoms with Crippen LogP contribution in [0.5, 0.6) is 0 Å². The summed E-state index contributed by atoms with van der Waals surface area (Å²) in [5, 5.41) is 0. The van der Waals surface area contributed by atoms with Crippen molar-refractivity contribution in [1.29, 1.82) is 0 Å². The molecular formula is C23H44O3. The van der Waals surface area contributed by atoms with Gasteiger partial charge >= 0.3 is 5.97 Å². The van der Waals surface area contributed by atoms with Gasteiger partial charge in [-0.15, -0.1) is 6.58 Å². The predicted octanol–water partition coefficient (Wildman–Crippen LogP) is 6.99. The standard InChI is InChI=1S/C23H44O3/c1-3-5-6-7-8-9-10-11-12-13-14-15-16-17-18-19-23(24)26-22-21-25-20-4-2/h4H,2-3,5-22H2,1H3. The maximum atomic E-state index is 11.5. The third-order valence-corrected chi connectivity index (χ3v) is 4.71. The minimum atomic E-state index is -0.0955. The van der Waals surface area contributed by atoms with Crippen molar-refractivity contribution in [3.8, 4) is 0 Å². The summed E-state index contributed by atoms with van der Waals surface area (Å²) in [5.74, 6) is -0.0955. The molecule has 0 unspecified atom stereocenters. The molecule has 0 saturated heterocycles. The Morgan fingerprint density at radius 2 is 1.19 bits per heavy atom. The van der Waals surface area contributed by atoms with Crippen LogP contribution < -0.4 is 0 Å². The van der Waals surface area contributed by atoms with Gasteiger partial charge in [0.15, 0.2) is 0 Å². The van der Waals surface area contributed by atoms with E-state index >= 15 is 0 Å². The van der Waals surface area contributed by atoms with Gasteiger partial charge in [-0.3, -0.25) is 4.79 Å². The number of rotatable bonds is 21. The Hall–Kier alpha value is -0.830. The van der Waals surface area contributed by atoms with Crippen molar-refractivity contribution in [2.45, 2.75) is 110 Å². The smallest absolute Gasteiger partial charge is 0.305 e. The lowest BCUT2D eigenvalue weighted by Crippen LogP contribution is -2.10. The highest BCUT2D eigenvalue weighted by Gasteiger charge is 2.02. The summed E-state index contributed by atoms with van der Waals surface area (Å²) in [6.45, 7) is 7.16. The minimum Gasteiger partial charge on any atom is -0.463 e. The second-order valence-electron chi connectivity index (χ2n) is 7.28. The van der Waals surface area contributed by atoms with Crippen LogP contribution in [0.3, 0.4) is 0 Å². The van der Waals surface area contributed by atoms with Crippen molar-refractivity contribution in [3.05, 3.63) is 12.7 Å². The summed E-state index contributed by atoms with van der Waals surface area (Å²) < 4.78 is 10.3. The zero-order valence-electron chi connectivity index (χ0n) is 17.4. The second kappa shape index (κ2) is 22.2. The second-order valence-corrected chi connectivity index (χ2v) is 7.28. The molecule has 0 aliphatic rings. The summed E-state index contributed by atoms with van der Waals surface area (Å²) in [6, 6.07) is 0. The monoisotopic (exact) mass is 368 g/mol. The van der Waals surface area contributed by atoms with Gasteiger partial charge in [-0.2, -0.15) is 0 Å². The van der Waals surface area contributed by atoms with E-state index in [9.17, 15) is 4.79 Å². The molecule has 0 bridgehead atoms. The summed E-state index contributed by atoms with van der Waals surface area (Å²) in [7, 11) is 0. The third-order valence-electron chi connectivity index (χ3n) is 4.71. The van der Waals surface area contributed by atoms with Gasteiger partial charge < -0.3 is 9.47 Å². The first-order chi connectivity index (χ1) is 12.8. The summed E-state index contributed by atoms with van der Waals surface area (Å²) >= 11 is 0. The number of carbonyl (C=O) groups excluding carboxylic acids is 1. The van der Waals surface area contributed by atoms with Gasteiger partial charge in [0.2, 0.25) is 0 Å². The maximum Gasteiger partial charge on any atom is 0.305 e. The fraction of sp³-hybridized carbons (Fsp3) is 0.870. The molecule has 0 spiro atoms. The number of esters is 1. The van der Waals surface area contributed by atoms with Crippen LogP contribution in [0.25, 0.3) is 0 Å². The summed E-state index contributed by atoms with van der Waals surface area (Å²) in [5.41, 5.74) is 0. The normalized spacial score (nSPS) is 10.8. The first-order valence-corrected chi connectivity index (χ1v) is 11.2. The van der Waals surface area contributed by atoms with Crippen LogP contribution in [0.4, 0.5) is 0 Å². The first-order valence-electron chi connectivity index (χ1n) is 11.2. The van der Waals surface area contributed by atoms with Crippen LogP contribution >= 0.6 is 0 Å². The average molecular weight is 369 g/mol. The largest absolute Gasteiger partial charge is 0.463 e. The molecule has 26 heavy (non-hydrogen) atoms. The number of unbranched alkanes of at least 4 members (excludes halogenated alkanes) is 14. The summed E-state index contributed by atoms with van der Waals surface area (Å²) in [4.78, 5) is 11.5. The Morgan fingerprint density at radius 1 is 0.731 bits per heavy atom. The predicted molar refractivity (Wildman–Crippen MR) is 112 cm³/mol. The van der Waals surface area contributed by atoms with Gasteiger partial charge in [-0.1, -0.05) is 103 Å². The molecule has 0 radical (unpaired) electrons. The molecule has 3 nitrogen and oxygen atoms in total. The highest BCUT2D eigenvalue weighted by atomic mass is 16.6. The van der Waals surface area contributed by atoms with Gasteiger partial charge in [0.25, 0.3) is 0 Å². The first kappa shape index (κ1) is 25.2. The lowest BCUT2D eigenvalue weighted by atomic mass is 10.0. The lowest BCUT2D eigenvalue weighted by Gasteiger charge is -2.05. The van der Waals surface area contributed by atoms with Crippen LogP contribution in [-0.2, 0) is 14.3 Å². The Labute approximate surface area is 162 Å². The maximum absolute atomic E-state index is 11.5. The van der Waals surface area contributed by atoms with Crippen LogP contribution in [0.15, 0.2) is 12.7 Å². The highest BCUT2D eigenvalue weighted by Crippen LogP contribution is 2.13.